The molecule has 0 heterocycles. The summed E-state index contributed by atoms with van der Waals surface area (Å²) in [5.74, 6) is 0.558. The number of carbonyl (C=O) groups is 1. The smallest absolute Gasteiger partial charge is 0.259 e. The molecule has 1 saturated carbocycles. The summed E-state index contributed by atoms with van der Waals surface area (Å²) in [6, 6.07) is 12.6. The minimum absolute atomic E-state index is 0.0878. The van der Waals surface area contributed by atoms with Gasteiger partial charge in [0.25, 0.3) is 5.91 Å². The third-order valence-electron chi connectivity index (χ3n) is 4.36. The summed E-state index contributed by atoms with van der Waals surface area (Å²) in [5.41, 5.74) is 0.681. The second kappa shape index (κ2) is 7.24. The molecular weight excluding hydrogens is 361 g/mol. The molecule has 0 aromatic heterocycles. The van der Waals surface area contributed by atoms with Gasteiger partial charge in [0.1, 0.15) is 11.4 Å². The first kappa shape index (κ1) is 18.1. The fourth-order valence-corrected chi connectivity index (χ4v) is 3.09. The summed E-state index contributed by atoms with van der Waals surface area (Å²) < 4.78 is 11.3. The lowest BCUT2D eigenvalue weighted by molar-refractivity contribution is -0.133. The van der Waals surface area contributed by atoms with Crippen molar-refractivity contribution in [1.82, 2.24) is 0 Å². The molecule has 2 aromatic rings. The van der Waals surface area contributed by atoms with Crippen LogP contribution in [0.15, 0.2) is 42.5 Å². The minimum atomic E-state index is -0.804. The number of hydrogen-bond acceptors (Lipinski definition) is 3. The van der Waals surface area contributed by atoms with Crippen LogP contribution in [0.1, 0.15) is 18.4 Å². The predicted octanol–water partition coefficient (Wildman–Crippen LogP) is 4.71. The summed E-state index contributed by atoms with van der Waals surface area (Å²) in [6.07, 6.45) is 1.37. The fourth-order valence-electron chi connectivity index (χ4n) is 2.73. The lowest BCUT2D eigenvalue weighted by Gasteiger charge is -2.25. The standard InChI is InChI=1S/C19H19Cl2NO3/c1-22(16-5-3-4-6-17(16)24-2)18(23)19(9-10-19)25-12-13-11-14(20)7-8-15(13)21/h3-8,11H,9-10,12H2,1-2H3. The molecule has 1 aliphatic carbocycles. The second-order valence-corrected chi connectivity index (χ2v) is 6.90. The number of benzene rings is 2. The van der Waals surface area contributed by atoms with Crippen molar-refractivity contribution >= 4 is 34.8 Å². The van der Waals surface area contributed by atoms with E-state index in [4.69, 9.17) is 32.7 Å². The van der Waals surface area contributed by atoms with Gasteiger partial charge < -0.3 is 14.4 Å². The van der Waals surface area contributed by atoms with E-state index in [-0.39, 0.29) is 12.5 Å². The van der Waals surface area contributed by atoms with Gasteiger partial charge in [0.05, 0.1) is 19.4 Å². The Morgan fingerprint density at radius 3 is 2.60 bits per heavy atom. The molecule has 0 unspecified atom stereocenters. The Kier molecular flexibility index (Phi) is 5.23. The maximum absolute atomic E-state index is 13.0. The fraction of sp³-hybridized carbons (Fsp3) is 0.316. The van der Waals surface area contributed by atoms with Crippen molar-refractivity contribution in [3.63, 3.8) is 0 Å². The zero-order chi connectivity index (χ0) is 18.0. The Bertz CT molecular complexity index is 790. The molecule has 2 aromatic carbocycles. The SMILES string of the molecule is COc1ccccc1N(C)C(=O)C1(OCc2cc(Cl)ccc2Cl)CC1. The molecule has 3 rings (SSSR count). The Hall–Kier alpha value is -1.75. The molecule has 4 nitrogen and oxygen atoms in total. The van der Waals surface area contributed by atoms with Crippen LogP contribution in [-0.2, 0) is 16.1 Å². The van der Waals surface area contributed by atoms with Gasteiger partial charge in [0.2, 0.25) is 0 Å². The Labute approximate surface area is 157 Å². The first-order valence-electron chi connectivity index (χ1n) is 7.96. The van der Waals surface area contributed by atoms with Crippen LogP contribution in [0.2, 0.25) is 10.0 Å². The van der Waals surface area contributed by atoms with E-state index in [2.05, 4.69) is 0 Å². The number of nitrogens with zero attached hydrogens (tertiary/aromatic N) is 1. The molecule has 0 radical (unpaired) electrons. The highest BCUT2D eigenvalue weighted by Gasteiger charge is 2.53. The van der Waals surface area contributed by atoms with Gasteiger partial charge in [-0.15, -0.1) is 0 Å². The van der Waals surface area contributed by atoms with E-state index in [1.165, 1.54) is 0 Å². The van der Waals surface area contributed by atoms with Crippen molar-refractivity contribution in [2.45, 2.75) is 25.0 Å². The van der Waals surface area contributed by atoms with Crippen molar-refractivity contribution < 1.29 is 14.3 Å². The lowest BCUT2D eigenvalue weighted by Crippen LogP contribution is -2.40. The van der Waals surface area contributed by atoms with Crippen molar-refractivity contribution in [1.29, 1.82) is 0 Å². The number of para-hydroxylation sites is 2. The molecule has 0 bridgehead atoms. The van der Waals surface area contributed by atoms with Gasteiger partial charge >= 0.3 is 0 Å². The number of hydrogen-bond donors (Lipinski definition) is 0. The van der Waals surface area contributed by atoms with E-state index < -0.39 is 5.60 Å². The van der Waals surface area contributed by atoms with Crippen LogP contribution in [0.5, 0.6) is 5.75 Å². The molecule has 0 atom stereocenters. The normalized spacial score (nSPS) is 14.9. The average Bonchev–Trinajstić information content (AvgIpc) is 3.42. The van der Waals surface area contributed by atoms with Crippen molar-refractivity contribution in [2.24, 2.45) is 0 Å². The van der Waals surface area contributed by atoms with E-state index in [0.717, 1.165) is 5.56 Å². The Balaban J connectivity index is 1.74. The van der Waals surface area contributed by atoms with Crippen molar-refractivity contribution in [3.05, 3.63) is 58.1 Å². The minimum Gasteiger partial charge on any atom is -0.495 e. The third kappa shape index (κ3) is 3.76. The number of anilines is 1. The monoisotopic (exact) mass is 379 g/mol. The molecule has 1 aliphatic rings. The van der Waals surface area contributed by atoms with Gasteiger partial charge in [-0.3, -0.25) is 4.79 Å². The molecule has 0 spiro atoms. The van der Waals surface area contributed by atoms with Gasteiger partial charge in [0.15, 0.2) is 0 Å². The summed E-state index contributed by atoms with van der Waals surface area (Å²) >= 11 is 12.2. The molecule has 6 heteroatoms. The van der Waals surface area contributed by atoms with Gasteiger partial charge in [-0.05, 0) is 48.7 Å². The van der Waals surface area contributed by atoms with Gasteiger partial charge in [-0.1, -0.05) is 35.3 Å². The molecular formula is C19H19Cl2NO3. The van der Waals surface area contributed by atoms with E-state index in [1.54, 1.807) is 37.3 Å². The molecule has 1 fully saturated rings. The van der Waals surface area contributed by atoms with E-state index in [0.29, 0.717) is 34.3 Å². The van der Waals surface area contributed by atoms with E-state index in [1.807, 2.05) is 24.3 Å². The van der Waals surface area contributed by atoms with Crippen LogP contribution < -0.4 is 9.64 Å². The van der Waals surface area contributed by atoms with Gasteiger partial charge in [0, 0.05) is 17.1 Å². The van der Waals surface area contributed by atoms with Crippen molar-refractivity contribution in [3.8, 4) is 5.75 Å². The molecule has 1 amide bonds. The lowest BCUT2D eigenvalue weighted by atomic mass is 10.2. The van der Waals surface area contributed by atoms with Crippen LogP contribution in [0.25, 0.3) is 0 Å². The number of ether oxygens (including phenoxy) is 2. The zero-order valence-corrected chi connectivity index (χ0v) is 15.6. The largest absolute Gasteiger partial charge is 0.495 e. The molecule has 132 valence electrons. The predicted molar refractivity (Wildman–Crippen MR) is 99.6 cm³/mol. The topological polar surface area (TPSA) is 38.8 Å². The highest BCUT2D eigenvalue weighted by atomic mass is 35.5. The molecule has 0 saturated heterocycles. The summed E-state index contributed by atoms with van der Waals surface area (Å²) in [6.45, 7) is 0.241. The van der Waals surface area contributed by atoms with Gasteiger partial charge in [-0.2, -0.15) is 0 Å². The Morgan fingerprint density at radius 1 is 1.20 bits per heavy atom. The zero-order valence-electron chi connectivity index (χ0n) is 14.1. The third-order valence-corrected chi connectivity index (χ3v) is 4.96. The van der Waals surface area contributed by atoms with Crippen LogP contribution in [0, 0.1) is 0 Å². The summed E-state index contributed by atoms with van der Waals surface area (Å²) in [4.78, 5) is 14.5. The molecule has 0 N–H and O–H groups in total. The van der Waals surface area contributed by atoms with Crippen LogP contribution in [0.3, 0.4) is 0 Å². The average molecular weight is 380 g/mol. The summed E-state index contributed by atoms with van der Waals surface area (Å²) in [5, 5.41) is 1.16. The molecule has 0 aliphatic heterocycles. The first-order chi connectivity index (χ1) is 12.0. The molecule has 25 heavy (non-hydrogen) atoms. The first-order valence-corrected chi connectivity index (χ1v) is 8.71. The number of likely N-dealkylation sites (N-methyl/N-ethyl adjacent to an activating group) is 1. The maximum atomic E-state index is 13.0. The number of methoxy groups -OCH3 is 1. The highest BCUT2D eigenvalue weighted by Crippen LogP contribution is 2.43. The summed E-state index contributed by atoms with van der Waals surface area (Å²) in [7, 11) is 3.32. The second-order valence-electron chi connectivity index (χ2n) is 6.05. The van der Waals surface area contributed by atoms with E-state index >= 15 is 0 Å². The number of carbonyl (C=O) groups excluding carboxylic acids is 1. The highest BCUT2D eigenvalue weighted by molar-refractivity contribution is 6.33. The Morgan fingerprint density at radius 2 is 1.92 bits per heavy atom. The van der Waals surface area contributed by atoms with E-state index in [9.17, 15) is 4.79 Å². The number of amides is 1. The van der Waals surface area contributed by atoms with Gasteiger partial charge in [-0.25, -0.2) is 0 Å². The number of rotatable bonds is 6. The van der Waals surface area contributed by atoms with Crippen LogP contribution >= 0.6 is 23.2 Å². The van der Waals surface area contributed by atoms with Crippen molar-refractivity contribution in [2.75, 3.05) is 19.1 Å². The maximum Gasteiger partial charge on any atom is 0.259 e. The van der Waals surface area contributed by atoms with Crippen LogP contribution in [0.4, 0.5) is 5.69 Å². The van der Waals surface area contributed by atoms with Crippen LogP contribution in [-0.4, -0.2) is 25.7 Å². The quantitative estimate of drug-likeness (QED) is 0.728. The number of halogens is 2.